The number of amides is 1. The molecule has 0 radical (unpaired) electrons. The maximum atomic E-state index is 12.0. The van der Waals surface area contributed by atoms with Gasteiger partial charge in [0.2, 0.25) is 0 Å². The Hall–Kier alpha value is -0.850. The Bertz CT molecular complexity index is 614. The molecule has 1 fully saturated rings. The average molecular weight is 381 g/mol. The van der Waals surface area contributed by atoms with Gasteiger partial charge in [-0.15, -0.1) is 36.2 Å². The quantitative estimate of drug-likeness (QED) is 0.856. The van der Waals surface area contributed by atoms with Crippen LogP contribution in [0.3, 0.4) is 0 Å². The zero-order valence-electron chi connectivity index (χ0n) is 11.5. The Kier molecular flexibility index (Phi) is 7.59. The molecular weight excluding hydrogens is 365 g/mol. The van der Waals surface area contributed by atoms with Crippen LogP contribution in [-0.2, 0) is 0 Å². The summed E-state index contributed by atoms with van der Waals surface area (Å²) in [6.07, 6.45) is 0. The van der Waals surface area contributed by atoms with E-state index in [-0.39, 0.29) is 30.7 Å². The number of halogens is 3. The fourth-order valence-corrected chi connectivity index (χ4v) is 2.86. The lowest BCUT2D eigenvalue weighted by atomic mass is 10.0. The third-order valence-corrected chi connectivity index (χ3v) is 4.39. The summed E-state index contributed by atoms with van der Waals surface area (Å²) >= 11 is 7.32. The van der Waals surface area contributed by atoms with Gasteiger partial charge in [-0.25, -0.2) is 4.98 Å². The number of aromatic nitrogens is 1. The Morgan fingerprint density at radius 1 is 1.32 bits per heavy atom. The molecule has 0 saturated carbocycles. The zero-order valence-corrected chi connectivity index (χ0v) is 14.7. The van der Waals surface area contributed by atoms with Gasteiger partial charge in [0.1, 0.15) is 10.7 Å². The number of nitrogens with one attached hydrogen (secondary N) is 2. The summed E-state index contributed by atoms with van der Waals surface area (Å²) < 4.78 is 0. The van der Waals surface area contributed by atoms with Crippen molar-refractivity contribution in [3.05, 3.63) is 40.4 Å². The van der Waals surface area contributed by atoms with Gasteiger partial charge in [-0.3, -0.25) is 4.79 Å². The molecule has 2 heterocycles. The third-order valence-electron chi connectivity index (χ3n) is 3.25. The monoisotopic (exact) mass is 379 g/mol. The van der Waals surface area contributed by atoms with Crippen molar-refractivity contribution >= 4 is 53.7 Å². The minimum absolute atomic E-state index is 0. The summed E-state index contributed by atoms with van der Waals surface area (Å²) in [6.45, 7) is 2.67. The molecule has 2 aromatic rings. The highest BCUT2D eigenvalue weighted by Crippen LogP contribution is 2.25. The third kappa shape index (κ3) is 4.57. The molecule has 2 N–H and O–H groups in total. The zero-order chi connectivity index (χ0) is 13.9. The fourth-order valence-electron chi connectivity index (χ4n) is 1.92. The van der Waals surface area contributed by atoms with Gasteiger partial charge in [0.05, 0.1) is 0 Å². The molecule has 1 aliphatic heterocycles. The Labute approximate surface area is 150 Å². The Morgan fingerprint density at radius 3 is 2.59 bits per heavy atom. The van der Waals surface area contributed by atoms with Crippen molar-refractivity contribution in [2.45, 2.75) is 0 Å². The van der Waals surface area contributed by atoms with Gasteiger partial charge in [-0.2, -0.15) is 0 Å². The first-order valence-corrected chi connectivity index (χ1v) is 7.68. The van der Waals surface area contributed by atoms with Crippen molar-refractivity contribution in [2.75, 3.05) is 19.6 Å². The molecular formula is C14H16Cl3N3OS. The SMILES string of the molecule is Cl.Cl.O=C(NCC1CNC1)c1csc(-c2ccc(Cl)cc2)n1. The van der Waals surface area contributed by atoms with Crippen LogP contribution in [0.5, 0.6) is 0 Å². The van der Waals surface area contributed by atoms with Crippen molar-refractivity contribution in [2.24, 2.45) is 5.92 Å². The maximum absolute atomic E-state index is 12.0. The fraction of sp³-hybridized carbons (Fsp3) is 0.286. The minimum Gasteiger partial charge on any atom is -0.350 e. The van der Waals surface area contributed by atoms with Crippen LogP contribution in [0.1, 0.15) is 10.5 Å². The van der Waals surface area contributed by atoms with E-state index in [0.29, 0.717) is 23.2 Å². The number of benzene rings is 1. The number of carbonyl (C=O) groups is 1. The van der Waals surface area contributed by atoms with E-state index in [1.807, 2.05) is 24.3 Å². The van der Waals surface area contributed by atoms with Gasteiger partial charge in [-0.1, -0.05) is 23.7 Å². The van der Waals surface area contributed by atoms with Crippen LogP contribution >= 0.6 is 47.8 Å². The Balaban J connectivity index is 0.00000121. The van der Waals surface area contributed by atoms with E-state index in [0.717, 1.165) is 23.7 Å². The molecule has 1 amide bonds. The molecule has 8 heteroatoms. The molecule has 4 nitrogen and oxygen atoms in total. The van der Waals surface area contributed by atoms with Crippen molar-refractivity contribution in [3.63, 3.8) is 0 Å². The number of carbonyl (C=O) groups excluding carboxylic acids is 1. The summed E-state index contributed by atoms with van der Waals surface area (Å²) in [5, 5.41) is 9.41. The number of nitrogens with zero attached hydrogens (tertiary/aromatic N) is 1. The van der Waals surface area contributed by atoms with E-state index in [2.05, 4.69) is 15.6 Å². The van der Waals surface area contributed by atoms with Crippen molar-refractivity contribution in [1.82, 2.24) is 15.6 Å². The van der Waals surface area contributed by atoms with Crippen molar-refractivity contribution in [1.29, 1.82) is 0 Å². The molecule has 1 aliphatic rings. The molecule has 0 spiro atoms. The van der Waals surface area contributed by atoms with Gasteiger partial charge < -0.3 is 10.6 Å². The van der Waals surface area contributed by atoms with Gasteiger partial charge in [0, 0.05) is 41.5 Å². The lowest BCUT2D eigenvalue weighted by Crippen LogP contribution is -2.48. The van der Waals surface area contributed by atoms with E-state index in [9.17, 15) is 4.79 Å². The number of rotatable bonds is 4. The average Bonchev–Trinajstić information content (AvgIpc) is 2.87. The second kappa shape index (κ2) is 8.70. The molecule has 120 valence electrons. The molecule has 3 rings (SSSR count). The van der Waals surface area contributed by atoms with E-state index in [1.54, 1.807) is 5.38 Å². The molecule has 1 saturated heterocycles. The van der Waals surface area contributed by atoms with Crippen molar-refractivity contribution in [3.8, 4) is 10.6 Å². The van der Waals surface area contributed by atoms with Gasteiger partial charge >= 0.3 is 0 Å². The highest BCUT2D eigenvalue weighted by Gasteiger charge is 2.18. The van der Waals surface area contributed by atoms with Crippen LogP contribution in [-0.4, -0.2) is 30.5 Å². The number of thiazole rings is 1. The van der Waals surface area contributed by atoms with Crippen LogP contribution in [0.4, 0.5) is 0 Å². The summed E-state index contributed by atoms with van der Waals surface area (Å²) in [7, 11) is 0. The molecule has 1 aromatic heterocycles. The maximum Gasteiger partial charge on any atom is 0.270 e. The second-order valence-electron chi connectivity index (χ2n) is 4.78. The van der Waals surface area contributed by atoms with Gasteiger partial charge in [0.25, 0.3) is 5.91 Å². The molecule has 0 aliphatic carbocycles. The highest BCUT2D eigenvalue weighted by atomic mass is 35.5. The van der Waals surface area contributed by atoms with E-state index in [1.165, 1.54) is 11.3 Å². The van der Waals surface area contributed by atoms with E-state index in [4.69, 9.17) is 11.6 Å². The summed E-state index contributed by atoms with van der Waals surface area (Å²) in [6, 6.07) is 7.45. The van der Waals surface area contributed by atoms with E-state index >= 15 is 0 Å². The lowest BCUT2D eigenvalue weighted by Gasteiger charge is -2.26. The molecule has 0 unspecified atom stereocenters. The molecule has 1 aromatic carbocycles. The summed E-state index contributed by atoms with van der Waals surface area (Å²) in [5.41, 5.74) is 1.45. The first-order chi connectivity index (χ1) is 9.72. The van der Waals surface area contributed by atoms with Crippen LogP contribution in [0.25, 0.3) is 10.6 Å². The Morgan fingerprint density at radius 2 is 2.00 bits per heavy atom. The normalized spacial score (nSPS) is 13.5. The van der Waals surface area contributed by atoms with Gasteiger partial charge in [0.15, 0.2) is 0 Å². The van der Waals surface area contributed by atoms with Crippen LogP contribution < -0.4 is 10.6 Å². The lowest BCUT2D eigenvalue weighted by molar-refractivity contribution is 0.0938. The smallest absolute Gasteiger partial charge is 0.270 e. The van der Waals surface area contributed by atoms with Crippen LogP contribution in [0, 0.1) is 5.92 Å². The standard InChI is InChI=1S/C14H14ClN3OS.2ClH/c15-11-3-1-10(2-4-11)14-18-12(8-20-14)13(19)17-7-9-5-16-6-9;;/h1-4,8-9,16H,5-7H2,(H,17,19);2*1H. The summed E-state index contributed by atoms with van der Waals surface area (Å²) in [5.74, 6) is 0.446. The summed E-state index contributed by atoms with van der Waals surface area (Å²) in [4.78, 5) is 16.4. The van der Waals surface area contributed by atoms with Crippen LogP contribution in [0.15, 0.2) is 29.6 Å². The highest BCUT2D eigenvalue weighted by molar-refractivity contribution is 7.13. The first kappa shape index (κ1) is 19.2. The molecule has 0 atom stereocenters. The predicted octanol–water partition coefficient (Wildman–Crippen LogP) is 3.26. The number of hydrogen-bond donors (Lipinski definition) is 2. The van der Waals surface area contributed by atoms with E-state index < -0.39 is 0 Å². The van der Waals surface area contributed by atoms with Crippen molar-refractivity contribution < 1.29 is 4.79 Å². The first-order valence-electron chi connectivity index (χ1n) is 6.43. The topological polar surface area (TPSA) is 54.0 Å². The second-order valence-corrected chi connectivity index (χ2v) is 6.07. The van der Waals surface area contributed by atoms with Crippen LogP contribution in [0.2, 0.25) is 5.02 Å². The molecule has 22 heavy (non-hydrogen) atoms. The minimum atomic E-state index is -0.103. The number of hydrogen-bond acceptors (Lipinski definition) is 4. The largest absolute Gasteiger partial charge is 0.350 e. The van der Waals surface area contributed by atoms with Gasteiger partial charge in [-0.05, 0) is 12.1 Å². The molecule has 0 bridgehead atoms. The predicted molar refractivity (Wildman–Crippen MR) is 95.7 cm³/mol.